The molecule has 0 radical (unpaired) electrons. The molecule has 6 nitrogen and oxygen atoms in total. The minimum absolute atomic E-state index is 0.0557. The lowest BCUT2D eigenvalue weighted by Crippen LogP contribution is -2.30. The molecule has 0 saturated heterocycles. The molecule has 0 bridgehead atoms. The van der Waals surface area contributed by atoms with E-state index >= 15 is 0 Å². The first-order valence-electron chi connectivity index (χ1n) is 9.64. The molecular formula is C24H21N3O3. The first-order valence-corrected chi connectivity index (χ1v) is 9.64. The van der Waals surface area contributed by atoms with Crippen molar-refractivity contribution in [2.45, 2.75) is 0 Å². The zero-order chi connectivity index (χ0) is 20.9. The summed E-state index contributed by atoms with van der Waals surface area (Å²) in [6.07, 6.45) is 13.1. The van der Waals surface area contributed by atoms with Gasteiger partial charge in [-0.1, -0.05) is 42.5 Å². The van der Waals surface area contributed by atoms with Gasteiger partial charge in [-0.2, -0.15) is 0 Å². The Balaban J connectivity index is 1.47. The summed E-state index contributed by atoms with van der Waals surface area (Å²) < 4.78 is 5.92. The Morgan fingerprint density at radius 3 is 2.73 bits per heavy atom. The van der Waals surface area contributed by atoms with Crippen molar-refractivity contribution in [1.82, 2.24) is 10.3 Å². The van der Waals surface area contributed by atoms with Crippen LogP contribution in [0.3, 0.4) is 0 Å². The fraction of sp³-hybridized carbons (Fsp3) is 0.125. The molecule has 0 spiro atoms. The van der Waals surface area contributed by atoms with Crippen LogP contribution in [0.4, 0.5) is 5.69 Å². The Kier molecular flexibility index (Phi) is 5.57. The first kappa shape index (κ1) is 19.4. The van der Waals surface area contributed by atoms with Gasteiger partial charge in [-0.05, 0) is 35.9 Å². The summed E-state index contributed by atoms with van der Waals surface area (Å²) in [6, 6.07) is 12.7. The van der Waals surface area contributed by atoms with Gasteiger partial charge in [0.25, 0.3) is 5.91 Å². The normalized spacial score (nSPS) is 19.2. The van der Waals surface area contributed by atoms with Crippen molar-refractivity contribution in [3.63, 3.8) is 0 Å². The Bertz CT molecular complexity index is 1080. The van der Waals surface area contributed by atoms with E-state index in [1.807, 2.05) is 66.8 Å². The molecule has 1 heterocycles. The maximum absolute atomic E-state index is 12.8. The van der Waals surface area contributed by atoms with Crippen molar-refractivity contribution >= 4 is 17.5 Å². The van der Waals surface area contributed by atoms with Gasteiger partial charge in [0.15, 0.2) is 0 Å². The fourth-order valence-corrected chi connectivity index (χ4v) is 3.43. The smallest absolute Gasteiger partial charge is 0.269 e. The molecule has 2 aliphatic rings. The Labute approximate surface area is 174 Å². The summed E-state index contributed by atoms with van der Waals surface area (Å²) in [7, 11) is 1.55. The number of para-hydroxylation sites is 1. The molecule has 4 rings (SSSR count). The highest BCUT2D eigenvalue weighted by atomic mass is 16.5. The van der Waals surface area contributed by atoms with Crippen LogP contribution in [-0.2, 0) is 4.79 Å². The number of pyridine rings is 1. The van der Waals surface area contributed by atoms with Crippen molar-refractivity contribution in [2.75, 3.05) is 12.4 Å². The molecule has 0 aliphatic heterocycles. The molecule has 0 saturated carbocycles. The van der Waals surface area contributed by atoms with Crippen molar-refractivity contribution in [3.05, 3.63) is 102 Å². The van der Waals surface area contributed by atoms with Gasteiger partial charge in [-0.15, -0.1) is 0 Å². The van der Waals surface area contributed by atoms with E-state index in [1.54, 1.807) is 19.2 Å². The number of rotatable bonds is 5. The van der Waals surface area contributed by atoms with Crippen LogP contribution in [0.25, 0.3) is 0 Å². The third-order valence-corrected chi connectivity index (χ3v) is 4.93. The van der Waals surface area contributed by atoms with Gasteiger partial charge >= 0.3 is 0 Å². The van der Waals surface area contributed by atoms with Gasteiger partial charge in [0, 0.05) is 30.9 Å². The zero-order valence-electron chi connectivity index (χ0n) is 16.4. The number of allylic oxidation sites excluding steroid dienone is 6. The molecule has 1 aromatic heterocycles. The number of nitrogens with zero attached hydrogens (tertiary/aromatic N) is 1. The Morgan fingerprint density at radius 1 is 1.10 bits per heavy atom. The Hall–Kier alpha value is -3.93. The number of fused-ring (bicyclic) bond motifs is 1. The van der Waals surface area contributed by atoms with Gasteiger partial charge < -0.3 is 15.4 Å². The van der Waals surface area contributed by atoms with Crippen LogP contribution in [0.5, 0.6) is 5.75 Å². The number of nitrogens with one attached hydrogen (secondary N) is 2. The average Bonchev–Trinajstić information content (AvgIpc) is 2.78. The van der Waals surface area contributed by atoms with E-state index in [4.69, 9.17) is 4.74 Å². The maximum Gasteiger partial charge on any atom is 0.269 e. The molecule has 2 aliphatic carbocycles. The highest BCUT2D eigenvalue weighted by Crippen LogP contribution is 2.34. The number of amides is 2. The highest BCUT2D eigenvalue weighted by Gasteiger charge is 2.30. The maximum atomic E-state index is 12.8. The lowest BCUT2D eigenvalue weighted by atomic mass is 9.79. The van der Waals surface area contributed by atoms with Crippen LogP contribution < -0.4 is 15.4 Å². The number of ether oxygens (including phenoxy) is 1. The van der Waals surface area contributed by atoms with E-state index in [-0.39, 0.29) is 29.3 Å². The van der Waals surface area contributed by atoms with E-state index in [0.717, 1.165) is 11.3 Å². The number of hydrogen-bond acceptors (Lipinski definition) is 4. The number of carbonyl (C=O) groups is 2. The van der Waals surface area contributed by atoms with E-state index in [1.165, 1.54) is 6.20 Å². The molecule has 2 aromatic rings. The van der Waals surface area contributed by atoms with Gasteiger partial charge in [-0.25, -0.2) is 0 Å². The van der Waals surface area contributed by atoms with Gasteiger partial charge in [0.2, 0.25) is 5.91 Å². The van der Waals surface area contributed by atoms with Crippen molar-refractivity contribution < 1.29 is 14.3 Å². The summed E-state index contributed by atoms with van der Waals surface area (Å²) in [6.45, 7) is 0. The minimum atomic E-state index is -0.306. The zero-order valence-corrected chi connectivity index (χ0v) is 16.4. The van der Waals surface area contributed by atoms with Gasteiger partial charge in [-0.3, -0.25) is 14.6 Å². The molecule has 2 N–H and O–H groups in total. The number of benzene rings is 1. The first-order chi connectivity index (χ1) is 14.6. The Morgan fingerprint density at radius 2 is 1.93 bits per heavy atom. The quantitative estimate of drug-likeness (QED) is 0.804. The standard InChI is InChI=1S/C24H21N3O3/c1-25-24(29)22-15-19(12-13-26-22)30-18-10-11-20-16(14-18)6-5-9-21(20)23(28)27-17-7-3-2-4-8-17/h2-15,20-21H,1H3,(H,25,29)(H,27,28). The number of carbonyl (C=O) groups excluding carboxylic acids is 2. The summed E-state index contributed by atoms with van der Waals surface area (Å²) in [5.74, 6) is 0.443. The fourth-order valence-electron chi connectivity index (χ4n) is 3.43. The van der Waals surface area contributed by atoms with Crippen molar-refractivity contribution in [2.24, 2.45) is 11.8 Å². The molecule has 150 valence electrons. The van der Waals surface area contributed by atoms with Crippen LogP contribution in [0.1, 0.15) is 10.5 Å². The van der Waals surface area contributed by atoms with Crippen LogP contribution in [0.15, 0.2) is 96.4 Å². The molecule has 1 aromatic carbocycles. The number of anilines is 1. The molecular weight excluding hydrogens is 378 g/mol. The van der Waals surface area contributed by atoms with Gasteiger partial charge in [0.05, 0.1) is 5.92 Å². The SMILES string of the molecule is CNC(=O)c1cc(OC2=CC3=CC=CC(C(=O)Nc4ccccc4)C3C=C2)ccn1. The minimum Gasteiger partial charge on any atom is -0.457 e. The average molecular weight is 399 g/mol. The monoisotopic (exact) mass is 399 g/mol. The molecule has 2 atom stereocenters. The lowest BCUT2D eigenvalue weighted by Gasteiger charge is -2.27. The van der Waals surface area contributed by atoms with Gasteiger partial charge in [0.1, 0.15) is 17.2 Å². The third-order valence-electron chi connectivity index (χ3n) is 4.93. The number of hydrogen-bond donors (Lipinski definition) is 2. The van der Waals surface area contributed by atoms with E-state index < -0.39 is 0 Å². The van der Waals surface area contributed by atoms with Crippen molar-refractivity contribution in [3.8, 4) is 5.75 Å². The molecule has 2 unspecified atom stereocenters. The molecule has 30 heavy (non-hydrogen) atoms. The van der Waals surface area contributed by atoms with Crippen molar-refractivity contribution in [1.29, 1.82) is 0 Å². The predicted octanol–water partition coefficient (Wildman–Crippen LogP) is 3.64. The lowest BCUT2D eigenvalue weighted by molar-refractivity contribution is -0.119. The van der Waals surface area contributed by atoms with Crippen LogP contribution in [-0.4, -0.2) is 23.8 Å². The summed E-state index contributed by atoms with van der Waals surface area (Å²) in [5, 5.41) is 5.51. The molecule has 6 heteroatoms. The second-order valence-corrected chi connectivity index (χ2v) is 6.92. The largest absolute Gasteiger partial charge is 0.457 e. The summed E-state index contributed by atoms with van der Waals surface area (Å²) >= 11 is 0. The highest BCUT2D eigenvalue weighted by molar-refractivity contribution is 5.94. The topological polar surface area (TPSA) is 80.3 Å². The van der Waals surface area contributed by atoms with E-state index in [2.05, 4.69) is 15.6 Å². The van der Waals surface area contributed by atoms with E-state index in [9.17, 15) is 9.59 Å². The van der Waals surface area contributed by atoms with Crippen LogP contribution >= 0.6 is 0 Å². The molecule has 0 fully saturated rings. The number of aromatic nitrogens is 1. The summed E-state index contributed by atoms with van der Waals surface area (Å²) in [5.41, 5.74) is 2.05. The second-order valence-electron chi connectivity index (χ2n) is 6.92. The second kappa shape index (κ2) is 8.61. The summed E-state index contributed by atoms with van der Waals surface area (Å²) in [4.78, 5) is 28.6. The van der Waals surface area contributed by atoms with E-state index in [0.29, 0.717) is 11.5 Å². The van der Waals surface area contributed by atoms with Crippen LogP contribution in [0.2, 0.25) is 0 Å². The third kappa shape index (κ3) is 4.22. The predicted molar refractivity (Wildman–Crippen MR) is 115 cm³/mol. The molecule has 2 amide bonds. The van der Waals surface area contributed by atoms with Crippen LogP contribution in [0, 0.1) is 11.8 Å².